The number of nitrogens with zero attached hydrogens (tertiary/aromatic N) is 1. The Hall–Kier alpha value is -2.17. The molecular weight excluding hydrogens is 243 g/mol. The number of carbonyl (C=O) groups excluding carboxylic acids is 1. The zero-order chi connectivity index (χ0) is 13.3. The number of carbonyl (C=O) groups is 1. The molecule has 0 aliphatic rings. The molecule has 1 aromatic heterocycles. The van der Waals surface area contributed by atoms with Crippen molar-refractivity contribution in [3.63, 3.8) is 0 Å². The van der Waals surface area contributed by atoms with E-state index >= 15 is 0 Å². The fourth-order valence-electron chi connectivity index (χ4n) is 1.55. The minimum absolute atomic E-state index is 0.143. The highest BCUT2D eigenvalue weighted by Crippen LogP contribution is 2.20. The highest BCUT2D eigenvalue weighted by atomic mass is 19.1. The van der Waals surface area contributed by atoms with Gasteiger partial charge in [0.05, 0.1) is 11.8 Å². The molecule has 0 atom stereocenters. The Morgan fingerprint density at radius 3 is 2.56 bits per heavy atom. The predicted octanol–water partition coefficient (Wildman–Crippen LogP) is 3.04. The van der Waals surface area contributed by atoms with E-state index in [4.69, 9.17) is 0 Å². The fraction of sp³-hybridized carbons (Fsp3) is 0.0769. The SMILES string of the molecule is Cc1ccc(F)c(C(=O)c2cncc(F)c2)c1F. The van der Waals surface area contributed by atoms with Crippen LogP contribution in [0.4, 0.5) is 13.2 Å². The van der Waals surface area contributed by atoms with E-state index in [1.807, 2.05) is 0 Å². The van der Waals surface area contributed by atoms with Gasteiger partial charge in [-0.3, -0.25) is 9.78 Å². The van der Waals surface area contributed by atoms with Crippen molar-refractivity contribution in [2.24, 2.45) is 0 Å². The number of benzene rings is 1. The first kappa shape index (κ1) is 12.3. The van der Waals surface area contributed by atoms with Crippen LogP contribution in [0.1, 0.15) is 21.5 Å². The summed E-state index contributed by atoms with van der Waals surface area (Å²) in [6, 6.07) is 3.11. The molecule has 0 fully saturated rings. The normalized spacial score (nSPS) is 10.4. The molecule has 0 saturated carbocycles. The van der Waals surface area contributed by atoms with Gasteiger partial charge in [0.15, 0.2) is 0 Å². The van der Waals surface area contributed by atoms with E-state index < -0.39 is 28.8 Å². The third-order valence-electron chi connectivity index (χ3n) is 2.48. The van der Waals surface area contributed by atoms with Gasteiger partial charge in [-0.2, -0.15) is 0 Å². The van der Waals surface area contributed by atoms with Gasteiger partial charge in [0, 0.05) is 11.8 Å². The largest absolute Gasteiger partial charge is 0.288 e. The summed E-state index contributed by atoms with van der Waals surface area (Å²) in [7, 11) is 0. The zero-order valence-electron chi connectivity index (χ0n) is 9.38. The molecule has 0 saturated heterocycles. The molecule has 0 spiro atoms. The van der Waals surface area contributed by atoms with Crippen molar-refractivity contribution in [2.75, 3.05) is 0 Å². The zero-order valence-corrected chi connectivity index (χ0v) is 9.38. The van der Waals surface area contributed by atoms with E-state index in [0.29, 0.717) is 0 Å². The summed E-state index contributed by atoms with van der Waals surface area (Å²) in [4.78, 5) is 15.4. The molecule has 5 heteroatoms. The van der Waals surface area contributed by atoms with Gasteiger partial charge >= 0.3 is 0 Å². The second kappa shape index (κ2) is 4.60. The van der Waals surface area contributed by atoms with Crippen molar-refractivity contribution in [3.8, 4) is 0 Å². The van der Waals surface area contributed by atoms with Crippen molar-refractivity contribution >= 4 is 5.78 Å². The maximum atomic E-state index is 13.7. The van der Waals surface area contributed by atoms with Gasteiger partial charge in [-0.1, -0.05) is 6.07 Å². The van der Waals surface area contributed by atoms with Crippen LogP contribution in [0, 0.1) is 24.4 Å². The fourth-order valence-corrected chi connectivity index (χ4v) is 1.55. The van der Waals surface area contributed by atoms with Crippen LogP contribution in [0.3, 0.4) is 0 Å². The van der Waals surface area contributed by atoms with Crippen LogP contribution in [-0.4, -0.2) is 10.8 Å². The molecule has 0 bridgehead atoms. The smallest absolute Gasteiger partial charge is 0.200 e. The Labute approximate surface area is 101 Å². The summed E-state index contributed by atoms with van der Waals surface area (Å²) >= 11 is 0. The summed E-state index contributed by atoms with van der Waals surface area (Å²) in [6.45, 7) is 1.41. The summed E-state index contributed by atoms with van der Waals surface area (Å²) < 4.78 is 40.1. The van der Waals surface area contributed by atoms with Crippen molar-refractivity contribution in [2.45, 2.75) is 6.92 Å². The second-order valence-electron chi connectivity index (χ2n) is 3.77. The average molecular weight is 251 g/mol. The minimum atomic E-state index is -0.979. The van der Waals surface area contributed by atoms with Crippen LogP contribution in [0.25, 0.3) is 0 Å². The quantitative estimate of drug-likeness (QED) is 0.768. The van der Waals surface area contributed by atoms with Crippen LogP contribution in [-0.2, 0) is 0 Å². The maximum Gasteiger partial charge on any atom is 0.200 e. The minimum Gasteiger partial charge on any atom is -0.288 e. The van der Waals surface area contributed by atoms with E-state index in [-0.39, 0.29) is 11.1 Å². The summed E-state index contributed by atoms with van der Waals surface area (Å²) in [5, 5.41) is 0. The van der Waals surface area contributed by atoms with Crippen LogP contribution >= 0.6 is 0 Å². The molecule has 2 rings (SSSR count). The second-order valence-corrected chi connectivity index (χ2v) is 3.77. The number of ketones is 1. The topological polar surface area (TPSA) is 30.0 Å². The van der Waals surface area contributed by atoms with Gasteiger partial charge in [-0.25, -0.2) is 13.2 Å². The molecule has 0 aliphatic carbocycles. The van der Waals surface area contributed by atoms with E-state index in [1.165, 1.54) is 13.0 Å². The molecule has 2 nitrogen and oxygen atoms in total. The number of halogens is 3. The monoisotopic (exact) mass is 251 g/mol. The van der Waals surface area contributed by atoms with Gasteiger partial charge < -0.3 is 0 Å². The third kappa shape index (κ3) is 2.11. The van der Waals surface area contributed by atoms with Crippen LogP contribution in [0.15, 0.2) is 30.6 Å². The molecule has 92 valence electrons. The molecule has 1 aromatic carbocycles. The standard InChI is InChI=1S/C13H8F3NO/c1-7-2-3-10(15)11(12(7)16)13(18)8-4-9(14)6-17-5-8/h2-6H,1H3. The van der Waals surface area contributed by atoms with Crippen molar-refractivity contribution < 1.29 is 18.0 Å². The molecule has 0 radical (unpaired) electrons. The molecule has 0 amide bonds. The summed E-state index contributed by atoms with van der Waals surface area (Å²) in [5.41, 5.74) is -0.745. The molecular formula is C13H8F3NO. The van der Waals surface area contributed by atoms with Gasteiger partial charge in [0.1, 0.15) is 17.5 Å². The highest BCUT2D eigenvalue weighted by molar-refractivity contribution is 6.09. The van der Waals surface area contributed by atoms with Gasteiger partial charge in [0.2, 0.25) is 5.78 Å². The lowest BCUT2D eigenvalue weighted by molar-refractivity contribution is 0.103. The lowest BCUT2D eigenvalue weighted by Crippen LogP contribution is -2.09. The van der Waals surface area contributed by atoms with Crippen molar-refractivity contribution in [3.05, 3.63) is 64.7 Å². The first-order valence-corrected chi connectivity index (χ1v) is 5.10. The molecule has 0 aliphatic heterocycles. The van der Waals surface area contributed by atoms with Crippen LogP contribution in [0.2, 0.25) is 0 Å². The lowest BCUT2D eigenvalue weighted by atomic mass is 10.0. The number of aromatic nitrogens is 1. The Balaban J connectivity index is 2.56. The summed E-state index contributed by atoms with van der Waals surface area (Å²) in [5.74, 6) is -3.59. The first-order valence-electron chi connectivity index (χ1n) is 5.10. The molecule has 0 unspecified atom stereocenters. The molecule has 2 aromatic rings. The van der Waals surface area contributed by atoms with E-state index in [9.17, 15) is 18.0 Å². The molecule has 1 heterocycles. The Morgan fingerprint density at radius 1 is 1.17 bits per heavy atom. The van der Waals surface area contributed by atoms with Crippen LogP contribution in [0.5, 0.6) is 0 Å². The number of hydrogen-bond donors (Lipinski definition) is 0. The Morgan fingerprint density at radius 2 is 1.89 bits per heavy atom. The predicted molar refractivity (Wildman–Crippen MR) is 58.7 cm³/mol. The Kier molecular flexibility index (Phi) is 3.14. The van der Waals surface area contributed by atoms with E-state index in [1.54, 1.807) is 0 Å². The summed E-state index contributed by atoms with van der Waals surface area (Å²) in [6.07, 6.45) is 1.96. The number of aryl methyl sites for hydroxylation is 1. The lowest BCUT2D eigenvalue weighted by Gasteiger charge is -2.06. The van der Waals surface area contributed by atoms with Gasteiger partial charge in [-0.05, 0) is 24.6 Å². The van der Waals surface area contributed by atoms with Gasteiger partial charge in [0.25, 0.3) is 0 Å². The van der Waals surface area contributed by atoms with Crippen molar-refractivity contribution in [1.29, 1.82) is 0 Å². The first-order chi connectivity index (χ1) is 8.50. The average Bonchev–Trinajstić information content (AvgIpc) is 2.34. The van der Waals surface area contributed by atoms with Crippen LogP contribution < -0.4 is 0 Å². The van der Waals surface area contributed by atoms with Crippen molar-refractivity contribution in [1.82, 2.24) is 4.98 Å². The number of pyridine rings is 1. The highest BCUT2D eigenvalue weighted by Gasteiger charge is 2.21. The number of hydrogen-bond acceptors (Lipinski definition) is 2. The third-order valence-corrected chi connectivity index (χ3v) is 2.48. The Bertz CT molecular complexity index is 626. The van der Waals surface area contributed by atoms with E-state index in [2.05, 4.69) is 4.98 Å². The van der Waals surface area contributed by atoms with E-state index in [0.717, 1.165) is 24.5 Å². The maximum absolute atomic E-state index is 13.7. The molecule has 0 N–H and O–H groups in total. The van der Waals surface area contributed by atoms with Gasteiger partial charge in [-0.15, -0.1) is 0 Å². The number of rotatable bonds is 2. The molecule has 18 heavy (non-hydrogen) atoms.